The van der Waals surface area contributed by atoms with Gasteiger partial charge in [0.05, 0.1) is 6.07 Å². The maximum Gasteiger partial charge on any atom is 0.0621 e. The predicted octanol–water partition coefficient (Wildman–Crippen LogP) is 2.81. The van der Waals surface area contributed by atoms with Gasteiger partial charge in [0.25, 0.3) is 0 Å². The molecule has 0 aromatic rings. The zero-order valence-corrected chi connectivity index (χ0v) is 6.66. The van der Waals surface area contributed by atoms with Gasteiger partial charge in [-0.15, -0.1) is 0 Å². The molecule has 1 heteroatoms. The quantitative estimate of drug-likeness (QED) is 0.563. The Bertz CT molecular complexity index is 195. The minimum Gasteiger partial charge on any atom is -0.198 e. The van der Waals surface area contributed by atoms with Crippen LogP contribution in [0.5, 0.6) is 0 Å². The Balaban J connectivity index is 2.13. The molecule has 1 aliphatic carbocycles. The summed E-state index contributed by atoms with van der Waals surface area (Å²) in [5.74, 6) is 0.688. The monoisotopic (exact) mass is 147 g/mol. The van der Waals surface area contributed by atoms with Gasteiger partial charge in [-0.3, -0.25) is 0 Å². The van der Waals surface area contributed by atoms with Gasteiger partial charge in [-0.1, -0.05) is 24.3 Å². The number of nitrogens with zero attached hydrogens (tertiary/aromatic N) is 1. The van der Waals surface area contributed by atoms with Crippen LogP contribution in [0.15, 0.2) is 24.3 Å². The van der Waals surface area contributed by atoms with Crippen molar-refractivity contribution in [2.45, 2.75) is 25.7 Å². The highest BCUT2D eigenvalue weighted by molar-refractivity contribution is 5.10. The second kappa shape index (κ2) is 4.73. The first-order valence-corrected chi connectivity index (χ1v) is 4.14. The maximum atomic E-state index is 8.31. The second-order valence-corrected chi connectivity index (χ2v) is 2.86. The number of rotatable bonds is 3. The molecule has 0 aromatic heterocycles. The standard InChI is InChI=1S/C10H13N/c11-9-5-4-8-10-6-2-1-3-7-10/h1-3,6,10H,4-5,7-8H2. The molecule has 11 heavy (non-hydrogen) atoms. The van der Waals surface area contributed by atoms with Crippen molar-refractivity contribution in [3.8, 4) is 6.07 Å². The molecule has 1 aliphatic rings. The molecule has 1 unspecified atom stereocenters. The highest BCUT2D eigenvalue weighted by Gasteiger charge is 2.03. The average molecular weight is 147 g/mol. The largest absolute Gasteiger partial charge is 0.198 e. The molecular formula is C10H13N. The number of unbranched alkanes of at least 4 members (excludes halogenated alkanes) is 1. The average Bonchev–Trinajstić information content (AvgIpc) is 2.07. The van der Waals surface area contributed by atoms with Crippen LogP contribution in [0.2, 0.25) is 0 Å². The van der Waals surface area contributed by atoms with E-state index in [0.717, 1.165) is 19.3 Å². The van der Waals surface area contributed by atoms with Gasteiger partial charge in [-0.05, 0) is 25.2 Å². The van der Waals surface area contributed by atoms with E-state index < -0.39 is 0 Å². The molecule has 1 nitrogen and oxygen atoms in total. The Kier molecular flexibility index (Phi) is 3.47. The summed E-state index contributed by atoms with van der Waals surface area (Å²) in [6.07, 6.45) is 12.7. The molecule has 0 amide bonds. The summed E-state index contributed by atoms with van der Waals surface area (Å²) in [7, 11) is 0. The molecule has 0 saturated heterocycles. The molecule has 58 valence electrons. The SMILES string of the molecule is N#CCCCC1C=CC=CC1. The van der Waals surface area contributed by atoms with E-state index in [4.69, 9.17) is 5.26 Å². The lowest BCUT2D eigenvalue weighted by molar-refractivity contribution is 0.570. The van der Waals surface area contributed by atoms with Gasteiger partial charge in [0.15, 0.2) is 0 Å². The van der Waals surface area contributed by atoms with Crippen molar-refractivity contribution >= 4 is 0 Å². The summed E-state index contributed by atoms with van der Waals surface area (Å²) < 4.78 is 0. The van der Waals surface area contributed by atoms with E-state index in [0.29, 0.717) is 12.3 Å². The van der Waals surface area contributed by atoms with E-state index in [1.54, 1.807) is 0 Å². The number of allylic oxidation sites excluding steroid dienone is 4. The fourth-order valence-electron chi connectivity index (χ4n) is 1.29. The number of hydrogen-bond donors (Lipinski definition) is 0. The van der Waals surface area contributed by atoms with Crippen LogP contribution < -0.4 is 0 Å². The molecule has 0 radical (unpaired) electrons. The van der Waals surface area contributed by atoms with Gasteiger partial charge < -0.3 is 0 Å². The van der Waals surface area contributed by atoms with Crippen molar-refractivity contribution in [2.75, 3.05) is 0 Å². The maximum absolute atomic E-state index is 8.31. The Labute approximate surface area is 68.0 Å². The molecule has 0 spiro atoms. The highest BCUT2D eigenvalue weighted by atomic mass is 14.2. The van der Waals surface area contributed by atoms with Crippen molar-refractivity contribution in [1.82, 2.24) is 0 Å². The Morgan fingerprint density at radius 1 is 1.45 bits per heavy atom. The first-order valence-electron chi connectivity index (χ1n) is 4.14. The van der Waals surface area contributed by atoms with Crippen LogP contribution in [-0.2, 0) is 0 Å². The van der Waals surface area contributed by atoms with Crippen molar-refractivity contribution in [3.05, 3.63) is 24.3 Å². The fourth-order valence-corrected chi connectivity index (χ4v) is 1.29. The lowest BCUT2D eigenvalue weighted by Crippen LogP contribution is -1.96. The lowest BCUT2D eigenvalue weighted by Gasteiger charge is -2.10. The topological polar surface area (TPSA) is 23.8 Å². The molecule has 0 saturated carbocycles. The summed E-state index contributed by atoms with van der Waals surface area (Å²) in [5.41, 5.74) is 0. The second-order valence-electron chi connectivity index (χ2n) is 2.86. The van der Waals surface area contributed by atoms with E-state index in [1.165, 1.54) is 0 Å². The van der Waals surface area contributed by atoms with Gasteiger partial charge in [0.1, 0.15) is 0 Å². The van der Waals surface area contributed by atoms with E-state index in [-0.39, 0.29) is 0 Å². The third-order valence-corrected chi connectivity index (χ3v) is 1.93. The Morgan fingerprint density at radius 2 is 2.36 bits per heavy atom. The lowest BCUT2D eigenvalue weighted by atomic mass is 9.95. The predicted molar refractivity (Wildman–Crippen MR) is 45.9 cm³/mol. The summed E-state index contributed by atoms with van der Waals surface area (Å²) >= 11 is 0. The first kappa shape index (κ1) is 8.07. The minimum absolute atomic E-state index is 0.688. The van der Waals surface area contributed by atoms with E-state index in [9.17, 15) is 0 Å². The van der Waals surface area contributed by atoms with E-state index in [2.05, 4.69) is 30.4 Å². The van der Waals surface area contributed by atoms with Crippen LogP contribution in [0.1, 0.15) is 25.7 Å². The van der Waals surface area contributed by atoms with Gasteiger partial charge in [-0.25, -0.2) is 0 Å². The zero-order valence-electron chi connectivity index (χ0n) is 6.66. The van der Waals surface area contributed by atoms with Gasteiger partial charge in [-0.2, -0.15) is 5.26 Å². The highest BCUT2D eigenvalue weighted by Crippen LogP contribution is 2.17. The Morgan fingerprint density at radius 3 is 3.00 bits per heavy atom. The smallest absolute Gasteiger partial charge is 0.0621 e. The summed E-state index contributed by atoms with van der Waals surface area (Å²) in [5, 5.41) is 8.31. The molecule has 0 aliphatic heterocycles. The van der Waals surface area contributed by atoms with Gasteiger partial charge in [0, 0.05) is 6.42 Å². The van der Waals surface area contributed by atoms with Crippen LogP contribution in [-0.4, -0.2) is 0 Å². The molecule has 0 aromatic carbocycles. The third-order valence-electron chi connectivity index (χ3n) is 1.93. The van der Waals surface area contributed by atoms with Crippen molar-refractivity contribution in [1.29, 1.82) is 5.26 Å². The van der Waals surface area contributed by atoms with Crippen LogP contribution in [0.3, 0.4) is 0 Å². The summed E-state index contributed by atoms with van der Waals surface area (Å²) in [6.45, 7) is 0. The van der Waals surface area contributed by atoms with Crippen LogP contribution in [0, 0.1) is 17.2 Å². The molecule has 0 heterocycles. The van der Waals surface area contributed by atoms with Gasteiger partial charge >= 0.3 is 0 Å². The minimum atomic E-state index is 0.688. The van der Waals surface area contributed by atoms with Crippen molar-refractivity contribution < 1.29 is 0 Å². The third kappa shape index (κ3) is 3.04. The van der Waals surface area contributed by atoms with E-state index >= 15 is 0 Å². The summed E-state index contributed by atoms with van der Waals surface area (Å²) in [4.78, 5) is 0. The van der Waals surface area contributed by atoms with Crippen molar-refractivity contribution in [3.63, 3.8) is 0 Å². The Hall–Kier alpha value is -1.03. The number of nitriles is 1. The molecule has 0 bridgehead atoms. The molecular weight excluding hydrogens is 134 g/mol. The zero-order chi connectivity index (χ0) is 7.94. The van der Waals surface area contributed by atoms with Gasteiger partial charge in [0.2, 0.25) is 0 Å². The molecule has 1 atom stereocenters. The molecule has 0 fully saturated rings. The first-order chi connectivity index (χ1) is 5.43. The van der Waals surface area contributed by atoms with E-state index in [1.807, 2.05) is 0 Å². The number of hydrogen-bond acceptors (Lipinski definition) is 1. The van der Waals surface area contributed by atoms with Crippen LogP contribution in [0.4, 0.5) is 0 Å². The van der Waals surface area contributed by atoms with Crippen LogP contribution in [0.25, 0.3) is 0 Å². The summed E-state index contributed by atoms with van der Waals surface area (Å²) in [6, 6.07) is 2.17. The van der Waals surface area contributed by atoms with Crippen LogP contribution >= 0.6 is 0 Å². The normalized spacial score (nSPS) is 21.5. The molecule has 1 rings (SSSR count). The molecule has 0 N–H and O–H groups in total. The van der Waals surface area contributed by atoms with Crippen molar-refractivity contribution in [2.24, 2.45) is 5.92 Å². The fraction of sp³-hybridized carbons (Fsp3) is 0.500.